The van der Waals surface area contributed by atoms with E-state index in [0.29, 0.717) is 0 Å². The molecule has 7 heteroatoms. The van der Waals surface area contributed by atoms with Crippen molar-refractivity contribution in [3.8, 4) is 11.3 Å². The second kappa shape index (κ2) is 9.15. The first-order chi connectivity index (χ1) is 11.9. The molecule has 0 bridgehead atoms. The first-order valence-corrected chi connectivity index (χ1v) is 11.1. The highest BCUT2D eigenvalue weighted by molar-refractivity contribution is 8.00. The zero-order valence-corrected chi connectivity index (χ0v) is 16.4. The van der Waals surface area contributed by atoms with Gasteiger partial charge in [0.2, 0.25) is 0 Å². The fourth-order valence-electron chi connectivity index (χ4n) is 1.99. The average molecular weight is 394 g/mol. The second-order valence-electron chi connectivity index (χ2n) is 5.04. The van der Waals surface area contributed by atoms with Crippen molar-refractivity contribution in [2.24, 2.45) is 0 Å². The van der Waals surface area contributed by atoms with Gasteiger partial charge in [-0.15, -0.1) is 11.3 Å². The molecule has 0 saturated heterocycles. The molecule has 1 aromatic heterocycles. The molecule has 0 aliphatic carbocycles. The number of benzene rings is 2. The van der Waals surface area contributed by atoms with Gasteiger partial charge in [-0.3, -0.25) is 4.55 Å². The van der Waals surface area contributed by atoms with E-state index in [1.165, 1.54) is 17.7 Å². The molecule has 0 radical (unpaired) electrons. The second-order valence-corrected chi connectivity index (χ2v) is 8.37. The minimum atomic E-state index is -4.03. The molecule has 0 unspecified atom stereocenters. The lowest BCUT2D eigenvalue weighted by molar-refractivity contribution is 0.483. The van der Waals surface area contributed by atoms with Crippen LogP contribution < -0.4 is 0 Å². The van der Waals surface area contributed by atoms with Gasteiger partial charge in [-0.25, -0.2) is 4.98 Å². The molecule has 4 nitrogen and oxygen atoms in total. The zero-order chi connectivity index (χ0) is 18.3. The standard InChI is InChI=1S/C10H9NS2.C8H10O3S/c1-12-10-11-9(7-13-10)8-5-3-2-4-6-8;1-2-7-3-5-8(6-4-7)12(9,10)11/h2-7H,1H3;3-6H,2H2,1H3,(H,9,10,11). The molecule has 0 aliphatic rings. The van der Waals surface area contributed by atoms with Crippen molar-refractivity contribution in [1.29, 1.82) is 0 Å². The van der Waals surface area contributed by atoms with E-state index in [1.54, 1.807) is 35.2 Å². The highest BCUT2D eigenvalue weighted by atomic mass is 32.2. The Morgan fingerprint density at radius 1 is 1.08 bits per heavy atom. The minimum Gasteiger partial charge on any atom is -0.282 e. The number of nitrogens with zero attached hydrogens (tertiary/aromatic N) is 1. The van der Waals surface area contributed by atoms with Gasteiger partial charge in [-0.05, 0) is 30.4 Å². The average Bonchev–Trinajstić information content (AvgIpc) is 3.12. The van der Waals surface area contributed by atoms with Crippen LogP contribution >= 0.6 is 23.1 Å². The van der Waals surface area contributed by atoms with Gasteiger partial charge in [-0.1, -0.05) is 61.2 Å². The normalized spacial score (nSPS) is 10.8. The number of hydrogen-bond donors (Lipinski definition) is 1. The van der Waals surface area contributed by atoms with Crippen LogP contribution in [0.2, 0.25) is 0 Å². The van der Waals surface area contributed by atoms with Gasteiger partial charge in [0.1, 0.15) is 4.34 Å². The topological polar surface area (TPSA) is 67.3 Å². The van der Waals surface area contributed by atoms with Crippen LogP contribution in [0.1, 0.15) is 12.5 Å². The van der Waals surface area contributed by atoms with E-state index in [4.69, 9.17) is 4.55 Å². The Morgan fingerprint density at radius 2 is 1.72 bits per heavy atom. The summed E-state index contributed by atoms with van der Waals surface area (Å²) in [6.07, 6.45) is 2.90. The summed E-state index contributed by atoms with van der Waals surface area (Å²) in [5.74, 6) is 0. The van der Waals surface area contributed by atoms with Crippen molar-refractivity contribution >= 4 is 33.2 Å². The summed E-state index contributed by atoms with van der Waals surface area (Å²) in [5.41, 5.74) is 3.32. The molecule has 0 amide bonds. The molecular formula is C18H19NO3S3. The summed E-state index contributed by atoms with van der Waals surface area (Å²) < 4.78 is 30.9. The molecular weight excluding hydrogens is 374 g/mol. The highest BCUT2D eigenvalue weighted by Gasteiger charge is 2.07. The molecule has 3 aromatic rings. The predicted octanol–water partition coefficient (Wildman–Crippen LogP) is 5.03. The first kappa shape index (κ1) is 19.7. The Hall–Kier alpha value is -1.67. The summed E-state index contributed by atoms with van der Waals surface area (Å²) in [6.45, 7) is 1.97. The molecule has 132 valence electrons. The van der Waals surface area contributed by atoms with Gasteiger partial charge in [0.05, 0.1) is 10.6 Å². The quantitative estimate of drug-likeness (QED) is 0.497. The van der Waals surface area contributed by atoms with Crippen LogP contribution in [-0.4, -0.2) is 24.2 Å². The largest absolute Gasteiger partial charge is 0.294 e. The van der Waals surface area contributed by atoms with Gasteiger partial charge < -0.3 is 0 Å². The van der Waals surface area contributed by atoms with Crippen molar-refractivity contribution in [1.82, 2.24) is 4.98 Å². The van der Waals surface area contributed by atoms with Gasteiger partial charge in [0, 0.05) is 10.9 Å². The Kier molecular flexibility index (Phi) is 7.19. The van der Waals surface area contributed by atoms with Crippen molar-refractivity contribution in [3.05, 3.63) is 65.5 Å². The van der Waals surface area contributed by atoms with Gasteiger partial charge >= 0.3 is 0 Å². The summed E-state index contributed by atoms with van der Waals surface area (Å²) >= 11 is 3.39. The van der Waals surface area contributed by atoms with Crippen molar-refractivity contribution in [2.75, 3.05) is 6.26 Å². The molecule has 0 saturated carbocycles. The van der Waals surface area contributed by atoms with E-state index in [2.05, 4.69) is 22.5 Å². The van der Waals surface area contributed by atoms with Crippen LogP contribution in [0.15, 0.2) is 69.2 Å². The Morgan fingerprint density at radius 3 is 2.20 bits per heavy atom. The summed E-state index contributed by atoms with van der Waals surface area (Å²) in [7, 11) is -4.03. The number of aromatic nitrogens is 1. The maximum Gasteiger partial charge on any atom is 0.294 e. The fourth-order valence-corrected chi connectivity index (χ4v) is 3.74. The van der Waals surface area contributed by atoms with Gasteiger partial charge in [-0.2, -0.15) is 8.42 Å². The molecule has 3 rings (SSSR count). The summed E-state index contributed by atoms with van der Waals surface area (Å²) in [4.78, 5) is 4.42. The van der Waals surface area contributed by atoms with Crippen LogP contribution in [0.25, 0.3) is 11.3 Å². The number of aryl methyl sites for hydroxylation is 1. The van der Waals surface area contributed by atoms with Crippen LogP contribution in [0.4, 0.5) is 0 Å². The van der Waals surface area contributed by atoms with Crippen LogP contribution in [0, 0.1) is 0 Å². The van der Waals surface area contributed by atoms with Crippen LogP contribution in [0.5, 0.6) is 0 Å². The fraction of sp³-hybridized carbons (Fsp3) is 0.167. The van der Waals surface area contributed by atoms with Crippen LogP contribution in [-0.2, 0) is 16.5 Å². The molecule has 0 atom stereocenters. The maximum atomic E-state index is 10.6. The van der Waals surface area contributed by atoms with Crippen LogP contribution in [0.3, 0.4) is 0 Å². The molecule has 1 heterocycles. The lowest BCUT2D eigenvalue weighted by atomic mass is 10.2. The maximum absolute atomic E-state index is 10.6. The van der Waals surface area contributed by atoms with E-state index >= 15 is 0 Å². The van der Waals surface area contributed by atoms with E-state index in [0.717, 1.165) is 22.0 Å². The van der Waals surface area contributed by atoms with Crippen molar-refractivity contribution in [3.63, 3.8) is 0 Å². The third kappa shape index (κ3) is 5.97. The third-order valence-corrected chi connectivity index (χ3v) is 6.09. The number of rotatable bonds is 4. The number of thioether (sulfide) groups is 1. The summed E-state index contributed by atoms with van der Waals surface area (Å²) in [5, 5.41) is 2.10. The minimum absolute atomic E-state index is 0.0558. The molecule has 0 spiro atoms. The highest BCUT2D eigenvalue weighted by Crippen LogP contribution is 2.26. The van der Waals surface area contributed by atoms with E-state index < -0.39 is 10.1 Å². The monoisotopic (exact) mass is 393 g/mol. The van der Waals surface area contributed by atoms with E-state index in [9.17, 15) is 8.42 Å². The Bertz CT molecular complexity index is 889. The van der Waals surface area contributed by atoms with E-state index in [1.807, 2.05) is 31.4 Å². The lowest BCUT2D eigenvalue weighted by Crippen LogP contribution is -1.97. The lowest BCUT2D eigenvalue weighted by Gasteiger charge is -1.97. The summed E-state index contributed by atoms with van der Waals surface area (Å²) in [6, 6.07) is 16.4. The molecule has 1 N–H and O–H groups in total. The molecule has 2 aromatic carbocycles. The Balaban J connectivity index is 0.000000181. The number of hydrogen-bond acceptors (Lipinski definition) is 5. The molecule has 0 aliphatic heterocycles. The number of thiazole rings is 1. The van der Waals surface area contributed by atoms with Crippen molar-refractivity contribution in [2.45, 2.75) is 22.6 Å². The van der Waals surface area contributed by atoms with Gasteiger partial charge in [0.25, 0.3) is 10.1 Å². The predicted molar refractivity (Wildman–Crippen MR) is 105 cm³/mol. The zero-order valence-electron chi connectivity index (χ0n) is 13.9. The SMILES string of the molecule is CCc1ccc(S(=O)(=O)O)cc1.CSc1nc(-c2ccccc2)cs1. The molecule has 0 fully saturated rings. The van der Waals surface area contributed by atoms with Gasteiger partial charge in [0.15, 0.2) is 0 Å². The molecule has 25 heavy (non-hydrogen) atoms. The Labute approximate surface area is 156 Å². The van der Waals surface area contributed by atoms with Crippen molar-refractivity contribution < 1.29 is 13.0 Å². The third-order valence-electron chi connectivity index (χ3n) is 3.36. The smallest absolute Gasteiger partial charge is 0.282 e. The van der Waals surface area contributed by atoms with E-state index in [-0.39, 0.29) is 4.90 Å². The first-order valence-electron chi connectivity index (χ1n) is 7.55.